The minimum absolute atomic E-state index is 0.246. The van der Waals surface area contributed by atoms with Crippen LogP contribution in [0.25, 0.3) is 0 Å². The molecule has 0 unspecified atom stereocenters. The first-order chi connectivity index (χ1) is 9.13. The van der Waals surface area contributed by atoms with Gasteiger partial charge in [-0.15, -0.1) is 11.3 Å². The van der Waals surface area contributed by atoms with Gasteiger partial charge in [0.2, 0.25) is 0 Å². The summed E-state index contributed by atoms with van der Waals surface area (Å²) in [5.41, 5.74) is 1.20. The fraction of sp³-hybridized carbons (Fsp3) is 0.800. The second kappa shape index (κ2) is 5.51. The Bertz CT molecular complexity index is 428. The highest BCUT2D eigenvalue weighted by atomic mass is 32.1. The van der Waals surface area contributed by atoms with Crippen molar-refractivity contribution < 1.29 is 5.11 Å². The highest BCUT2D eigenvalue weighted by molar-refractivity contribution is 7.09. The van der Waals surface area contributed by atoms with E-state index >= 15 is 0 Å². The highest BCUT2D eigenvalue weighted by Gasteiger charge is 2.31. The third-order valence-corrected chi connectivity index (χ3v) is 5.50. The molecule has 0 bridgehead atoms. The molecule has 2 aliphatic rings. The quantitative estimate of drug-likeness (QED) is 0.921. The summed E-state index contributed by atoms with van der Waals surface area (Å²) in [4.78, 5) is 7.20. The molecule has 1 aliphatic heterocycles. The number of hydrogen-bond acceptors (Lipinski definition) is 4. The van der Waals surface area contributed by atoms with Crippen LogP contribution in [-0.4, -0.2) is 33.7 Å². The fourth-order valence-corrected chi connectivity index (χ4v) is 4.03. The van der Waals surface area contributed by atoms with Crippen LogP contribution in [0.3, 0.4) is 0 Å². The first kappa shape index (κ1) is 13.5. The molecular weight excluding hydrogens is 256 g/mol. The van der Waals surface area contributed by atoms with E-state index in [0.29, 0.717) is 6.04 Å². The van der Waals surface area contributed by atoms with Crippen molar-refractivity contribution in [3.8, 4) is 0 Å². The summed E-state index contributed by atoms with van der Waals surface area (Å²) in [5.74, 6) is 1.49. The lowest BCUT2D eigenvalue weighted by atomic mass is 9.90. The molecule has 2 heterocycles. The number of nitrogens with zero attached hydrogens (tertiary/aromatic N) is 2. The van der Waals surface area contributed by atoms with Crippen LogP contribution in [-0.2, 0) is 6.54 Å². The Morgan fingerprint density at radius 3 is 2.95 bits per heavy atom. The minimum Gasteiger partial charge on any atom is -0.392 e. The lowest BCUT2D eigenvalue weighted by molar-refractivity contribution is 0.0157. The van der Waals surface area contributed by atoms with Crippen LogP contribution in [0.1, 0.15) is 56.2 Å². The molecule has 2 fully saturated rings. The smallest absolute Gasteiger partial charge is 0.0959 e. The Labute approximate surface area is 119 Å². The van der Waals surface area contributed by atoms with Gasteiger partial charge in [0, 0.05) is 23.9 Å². The van der Waals surface area contributed by atoms with E-state index in [1.165, 1.54) is 30.0 Å². The second-order valence-electron chi connectivity index (χ2n) is 6.36. The zero-order valence-corrected chi connectivity index (χ0v) is 12.7. The van der Waals surface area contributed by atoms with Gasteiger partial charge in [0.05, 0.1) is 16.8 Å². The van der Waals surface area contributed by atoms with Crippen molar-refractivity contribution in [3.05, 3.63) is 16.1 Å². The van der Waals surface area contributed by atoms with E-state index in [2.05, 4.69) is 17.2 Å². The molecule has 0 aromatic carbocycles. The van der Waals surface area contributed by atoms with E-state index < -0.39 is 0 Å². The maximum atomic E-state index is 9.99. The number of hydrogen-bond donors (Lipinski definition) is 1. The van der Waals surface area contributed by atoms with Gasteiger partial charge >= 0.3 is 0 Å². The van der Waals surface area contributed by atoms with Crippen LogP contribution in [0.5, 0.6) is 0 Å². The predicted molar refractivity (Wildman–Crippen MR) is 78.4 cm³/mol. The van der Waals surface area contributed by atoms with Crippen molar-refractivity contribution in [3.63, 3.8) is 0 Å². The number of aliphatic hydroxyl groups is 1. The van der Waals surface area contributed by atoms with Crippen molar-refractivity contribution in [2.24, 2.45) is 5.92 Å². The molecule has 0 radical (unpaired) electrons. The Morgan fingerprint density at radius 2 is 2.26 bits per heavy atom. The summed E-state index contributed by atoms with van der Waals surface area (Å²) in [6.07, 6.45) is 4.75. The summed E-state index contributed by atoms with van der Waals surface area (Å²) < 4.78 is 0. The van der Waals surface area contributed by atoms with E-state index in [1.54, 1.807) is 0 Å². The number of aliphatic hydroxyl groups excluding tert-OH is 1. The SMILES string of the molecule is C[C@@H]1CCN(Cc2csc(C3CC3)n2)[C@H]([C@@H](C)O)C1. The third kappa shape index (κ3) is 3.18. The van der Waals surface area contributed by atoms with Gasteiger partial charge < -0.3 is 5.11 Å². The van der Waals surface area contributed by atoms with Gasteiger partial charge in [-0.2, -0.15) is 0 Å². The summed E-state index contributed by atoms with van der Waals surface area (Å²) in [6, 6.07) is 0.301. The summed E-state index contributed by atoms with van der Waals surface area (Å²) in [7, 11) is 0. The van der Waals surface area contributed by atoms with E-state index in [4.69, 9.17) is 4.98 Å². The van der Waals surface area contributed by atoms with Gasteiger partial charge in [-0.3, -0.25) is 4.90 Å². The Kier molecular flexibility index (Phi) is 3.92. The van der Waals surface area contributed by atoms with Gasteiger partial charge in [-0.25, -0.2) is 4.98 Å². The van der Waals surface area contributed by atoms with Gasteiger partial charge in [0.15, 0.2) is 0 Å². The van der Waals surface area contributed by atoms with Crippen molar-refractivity contribution in [2.45, 2.75) is 64.1 Å². The first-order valence-electron chi connectivity index (χ1n) is 7.50. The molecule has 0 spiro atoms. The topological polar surface area (TPSA) is 36.4 Å². The molecule has 1 N–H and O–H groups in total. The number of likely N-dealkylation sites (tertiary alicyclic amines) is 1. The number of aromatic nitrogens is 1. The number of thiazole rings is 1. The van der Waals surface area contributed by atoms with Crippen LogP contribution < -0.4 is 0 Å². The van der Waals surface area contributed by atoms with Gasteiger partial charge in [-0.1, -0.05) is 6.92 Å². The van der Waals surface area contributed by atoms with E-state index in [1.807, 2.05) is 18.3 Å². The molecule has 1 aromatic heterocycles. The summed E-state index contributed by atoms with van der Waals surface area (Å²) in [5, 5.41) is 13.5. The average Bonchev–Trinajstić information content (AvgIpc) is 3.12. The van der Waals surface area contributed by atoms with Crippen LogP contribution in [0.4, 0.5) is 0 Å². The predicted octanol–water partition coefficient (Wildman–Crippen LogP) is 3.00. The molecule has 3 atom stereocenters. The lowest BCUT2D eigenvalue weighted by Crippen LogP contribution is -2.47. The largest absolute Gasteiger partial charge is 0.392 e. The Hall–Kier alpha value is -0.450. The van der Waals surface area contributed by atoms with E-state index in [-0.39, 0.29) is 6.10 Å². The molecular formula is C15H24N2OS. The van der Waals surface area contributed by atoms with Gasteiger partial charge in [-0.05, 0) is 45.1 Å². The van der Waals surface area contributed by atoms with Crippen LogP contribution in [0.2, 0.25) is 0 Å². The molecule has 1 saturated carbocycles. The minimum atomic E-state index is -0.246. The molecule has 1 aromatic rings. The summed E-state index contributed by atoms with van der Waals surface area (Å²) >= 11 is 1.82. The van der Waals surface area contributed by atoms with E-state index in [0.717, 1.165) is 31.3 Å². The zero-order chi connectivity index (χ0) is 13.4. The van der Waals surface area contributed by atoms with Crippen molar-refractivity contribution in [2.75, 3.05) is 6.54 Å². The highest BCUT2D eigenvalue weighted by Crippen LogP contribution is 2.41. The monoisotopic (exact) mass is 280 g/mol. The maximum absolute atomic E-state index is 9.99. The Balaban J connectivity index is 1.65. The summed E-state index contributed by atoms with van der Waals surface area (Å²) in [6.45, 7) is 6.21. The molecule has 3 nitrogen and oxygen atoms in total. The number of piperidine rings is 1. The first-order valence-corrected chi connectivity index (χ1v) is 8.38. The fourth-order valence-electron chi connectivity index (χ4n) is 3.05. The Morgan fingerprint density at radius 1 is 1.47 bits per heavy atom. The molecule has 1 aliphatic carbocycles. The van der Waals surface area contributed by atoms with Crippen molar-refractivity contribution >= 4 is 11.3 Å². The second-order valence-corrected chi connectivity index (χ2v) is 7.25. The standard InChI is InChI=1S/C15H24N2OS/c1-10-5-6-17(14(7-10)11(2)18)8-13-9-19-15(16-13)12-3-4-12/h9-12,14,18H,3-8H2,1-2H3/t10-,11-,14+/m1/s1. The van der Waals surface area contributed by atoms with Crippen LogP contribution >= 0.6 is 11.3 Å². The van der Waals surface area contributed by atoms with E-state index in [9.17, 15) is 5.11 Å². The zero-order valence-electron chi connectivity index (χ0n) is 11.9. The van der Waals surface area contributed by atoms with Gasteiger partial charge in [0.1, 0.15) is 0 Å². The maximum Gasteiger partial charge on any atom is 0.0959 e. The molecule has 19 heavy (non-hydrogen) atoms. The molecule has 1 saturated heterocycles. The third-order valence-electron chi connectivity index (χ3n) is 4.44. The average molecular weight is 280 g/mol. The molecule has 0 amide bonds. The molecule has 4 heteroatoms. The lowest BCUT2D eigenvalue weighted by Gasteiger charge is -2.39. The number of rotatable bonds is 4. The van der Waals surface area contributed by atoms with Crippen LogP contribution in [0, 0.1) is 5.92 Å². The normalized spacial score (nSPS) is 30.5. The molecule has 3 rings (SSSR count). The molecule has 106 valence electrons. The van der Waals surface area contributed by atoms with Crippen molar-refractivity contribution in [1.82, 2.24) is 9.88 Å². The van der Waals surface area contributed by atoms with Crippen molar-refractivity contribution in [1.29, 1.82) is 0 Å². The van der Waals surface area contributed by atoms with Crippen LogP contribution in [0.15, 0.2) is 5.38 Å². The van der Waals surface area contributed by atoms with Gasteiger partial charge in [0.25, 0.3) is 0 Å².